The third-order valence-electron chi connectivity index (χ3n) is 4.73. The molecule has 2 atom stereocenters. The number of likely N-dealkylation sites (tertiary alicyclic amines) is 1. The van der Waals surface area contributed by atoms with Gasteiger partial charge in [0.1, 0.15) is 5.37 Å². The Morgan fingerprint density at radius 3 is 2.65 bits per heavy atom. The minimum atomic E-state index is -0.0403. The lowest BCUT2D eigenvalue weighted by Gasteiger charge is -2.26. The molecule has 0 spiro atoms. The second-order valence-electron chi connectivity index (χ2n) is 6.36. The predicted octanol–water partition coefficient (Wildman–Crippen LogP) is 2.97. The highest BCUT2D eigenvalue weighted by Gasteiger charge is 2.39. The summed E-state index contributed by atoms with van der Waals surface area (Å²) in [6, 6.07) is 8.21. The molecule has 3 rings (SSSR count). The van der Waals surface area contributed by atoms with Crippen LogP contribution in [0.1, 0.15) is 42.7 Å². The summed E-state index contributed by atoms with van der Waals surface area (Å²) in [7, 11) is 0. The van der Waals surface area contributed by atoms with Crippen molar-refractivity contribution in [3.05, 3.63) is 35.4 Å². The molecule has 0 aromatic heterocycles. The van der Waals surface area contributed by atoms with Gasteiger partial charge in [-0.3, -0.25) is 9.59 Å². The Kier molecular flexibility index (Phi) is 4.95. The molecule has 2 heterocycles. The molecule has 5 heteroatoms. The largest absolute Gasteiger partial charge is 0.343 e. The van der Waals surface area contributed by atoms with Gasteiger partial charge in [0.15, 0.2) is 0 Å². The minimum Gasteiger partial charge on any atom is -0.343 e. The molecule has 2 aliphatic rings. The van der Waals surface area contributed by atoms with Gasteiger partial charge in [-0.25, -0.2) is 0 Å². The molecule has 0 aliphatic carbocycles. The summed E-state index contributed by atoms with van der Waals surface area (Å²) < 4.78 is 0. The van der Waals surface area contributed by atoms with Crippen molar-refractivity contribution in [2.24, 2.45) is 0 Å². The van der Waals surface area contributed by atoms with Crippen molar-refractivity contribution in [1.29, 1.82) is 0 Å². The molecule has 23 heavy (non-hydrogen) atoms. The first kappa shape index (κ1) is 16.4. The average Bonchev–Trinajstić information content (AvgIpc) is 3.16. The molecule has 124 valence electrons. The standard InChI is InChI=1S/C18H24N2O2S/c1-13-7-3-4-8-15(13)18-20(17(22)14(2)23-18)12-9-16(21)19-10-5-6-11-19/h3-4,7-8,14,18H,5-6,9-12H2,1-2H3. The van der Waals surface area contributed by atoms with E-state index in [4.69, 9.17) is 0 Å². The molecule has 0 N–H and O–H groups in total. The van der Waals surface area contributed by atoms with E-state index < -0.39 is 0 Å². The summed E-state index contributed by atoms with van der Waals surface area (Å²) in [4.78, 5) is 28.6. The molecule has 2 amide bonds. The van der Waals surface area contributed by atoms with Crippen molar-refractivity contribution in [1.82, 2.24) is 9.80 Å². The number of amides is 2. The zero-order valence-corrected chi connectivity index (χ0v) is 14.6. The topological polar surface area (TPSA) is 40.6 Å². The van der Waals surface area contributed by atoms with Gasteiger partial charge in [0.2, 0.25) is 11.8 Å². The number of hydrogen-bond donors (Lipinski definition) is 0. The predicted molar refractivity (Wildman–Crippen MR) is 93.1 cm³/mol. The van der Waals surface area contributed by atoms with E-state index in [0.717, 1.165) is 25.9 Å². The van der Waals surface area contributed by atoms with Crippen LogP contribution in [0.15, 0.2) is 24.3 Å². The zero-order valence-electron chi connectivity index (χ0n) is 13.8. The fourth-order valence-corrected chi connectivity index (χ4v) is 4.75. The maximum atomic E-state index is 12.5. The molecule has 2 unspecified atom stereocenters. The SMILES string of the molecule is Cc1ccccc1C1SC(C)C(=O)N1CCC(=O)N1CCCC1. The number of rotatable bonds is 4. The van der Waals surface area contributed by atoms with Crippen molar-refractivity contribution >= 4 is 23.6 Å². The molecule has 0 bridgehead atoms. The lowest BCUT2D eigenvalue weighted by Crippen LogP contribution is -2.35. The summed E-state index contributed by atoms with van der Waals surface area (Å²) >= 11 is 1.68. The van der Waals surface area contributed by atoms with Gasteiger partial charge in [0.25, 0.3) is 0 Å². The first-order valence-corrected chi connectivity index (χ1v) is 9.31. The van der Waals surface area contributed by atoms with E-state index in [1.54, 1.807) is 11.8 Å². The third kappa shape index (κ3) is 3.39. The van der Waals surface area contributed by atoms with Crippen LogP contribution in [0.3, 0.4) is 0 Å². The van der Waals surface area contributed by atoms with E-state index in [1.165, 1.54) is 11.1 Å². The van der Waals surface area contributed by atoms with Crippen LogP contribution in [0, 0.1) is 6.92 Å². The Morgan fingerprint density at radius 2 is 1.96 bits per heavy atom. The van der Waals surface area contributed by atoms with Crippen LogP contribution >= 0.6 is 11.8 Å². The number of nitrogens with zero attached hydrogens (tertiary/aromatic N) is 2. The summed E-state index contributed by atoms with van der Waals surface area (Å²) in [6.07, 6.45) is 2.64. The maximum Gasteiger partial charge on any atom is 0.236 e. The molecule has 2 fully saturated rings. The van der Waals surface area contributed by atoms with Gasteiger partial charge in [-0.05, 0) is 37.8 Å². The zero-order chi connectivity index (χ0) is 16.4. The molecule has 1 aromatic rings. The van der Waals surface area contributed by atoms with Gasteiger partial charge in [-0.15, -0.1) is 11.8 Å². The van der Waals surface area contributed by atoms with Gasteiger partial charge in [-0.1, -0.05) is 24.3 Å². The summed E-state index contributed by atoms with van der Waals surface area (Å²) in [6.45, 7) is 6.31. The number of hydrogen-bond acceptors (Lipinski definition) is 3. The summed E-state index contributed by atoms with van der Waals surface area (Å²) in [5.41, 5.74) is 2.38. The van der Waals surface area contributed by atoms with Gasteiger partial charge in [-0.2, -0.15) is 0 Å². The van der Waals surface area contributed by atoms with E-state index >= 15 is 0 Å². The van der Waals surface area contributed by atoms with Crippen LogP contribution in [-0.2, 0) is 9.59 Å². The van der Waals surface area contributed by atoms with Crippen LogP contribution < -0.4 is 0 Å². The van der Waals surface area contributed by atoms with Crippen molar-refractivity contribution in [3.63, 3.8) is 0 Å². The van der Waals surface area contributed by atoms with Crippen molar-refractivity contribution in [2.45, 2.75) is 43.7 Å². The number of carbonyl (C=O) groups is 2. The van der Waals surface area contributed by atoms with Crippen LogP contribution in [-0.4, -0.2) is 46.5 Å². The highest BCUT2D eigenvalue weighted by molar-refractivity contribution is 8.01. The third-order valence-corrected chi connectivity index (χ3v) is 6.10. The Hall–Kier alpha value is -1.49. The van der Waals surface area contributed by atoms with Crippen LogP contribution in [0.2, 0.25) is 0 Å². The summed E-state index contributed by atoms with van der Waals surface area (Å²) in [5.74, 6) is 0.334. The van der Waals surface area contributed by atoms with E-state index in [1.807, 2.05) is 28.9 Å². The molecular formula is C18H24N2O2S. The second-order valence-corrected chi connectivity index (χ2v) is 7.78. The van der Waals surface area contributed by atoms with Crippen molar-refractivity contribution < 1.29 is 9.59 Å². The Labute approximate surface area is 142 Å². The monoisotopic (exact) mass is 332 g/mol. The molecule has 1 aromatic carbocycles. The lowest BCUT2D eigenvalue weighted by atomic mass is 10.1. The molecule has 4 nitrogen and oxygen atoms in total. The minimum absolute atomic E-state index is 0.0325. The fraction of sp³-hybridized carbons (Fsp3) is 0.556. The molecule has 2 saturated heterocycles. The Morgan fingerprint density at radius 1 is 1.26 bits per heavy atom. The maximum absolute atomic E-state index is 12.5. The number of thioether (sulfide) groups is 1. The van der Waals surface area contributed by atoms with Crippen molar-refractivity contribution in [2.75, 3.05) is 19.6 Å². The lowest BCUT2D eigenvalue weighted by molar-refractivity contribution is -0.133. The van der Waals surface area contributed by atoms with Gasteiger partial charge >= 0.3 is 0 Å². The number of carbonyl (C=O) groups excluding carboxylic acids is 2. The fourth-order valence-electron chi connectivity index (χ4n) is 3.35. The van der Waals surface area contributed by atoms with Crippen LogP contribution in [0.4, 0.5) is 0 Å². The van der Waals surface area contributed by atoms with E-state index in [-0.39, 0.29) is 22.4 Å². The first-order chi connectivity index (χ1) is 11.1. The van der Waals surface area contributed by atoms with E-state index in [0.29, 0.717) is 13.0 Å². The highest BCUT2D eigenvalue weighted by atomic mass is 32.2. The molecule has 0 radical (unpaired) electrons. The molecule has 0 saturated carbocycles. The van der Waals surface area contributed by atoms with Gasteiger partial charge in [0.05, 0.1) is 5.25 Å². The second kappa shape index (κ2) is 6.95. The van der Waals surface area contributed by atoms with Crippen LogP contribution in [0.5, 0.6) is 0 Å². The van der Waals surface area contributed by atoms with Crippen LogP contribution in [0.25, 0.3) is 0 Å². The van der Waals surface area contributed by atoms with E-state index in [2.05, 4.69) is 19.1 Å². The molecular weight excluding hydrogens is 308 g/mol. The quantitative estimate of drug-likeness (QED) is 0.851. The average molecular weight is 332 g/mol. The number of benzene rings is 1. The smallest absolute Gasteiger partial charge is 0.236 e. The normalized spacial score (nSPS) is 24.5. The van der Waals surface area contributed by atoms with Gasteiger partial charge < -0.3 is 9.80 Å². The molecule has 2 aliphatic heterocycles. The summed E-state index contributed by atoms with van der Waals surface area (Å²) in [5, 5.41) is -0.00780. The van der Waals surface area contributed by atoms with E-state index in [9.17, 15) is 9.59 Å². The Balaban J connectivity index is 1.71. The first-order valence-electron chi connectivity index (χ1n) is 8.37. The Bertz CT molecular complexity index is 598. The highest BCUT2D eigenvalue weighted by Crippen LogP contribution is 2.43. The van der Waals surface area contributed by atoms with Crippen molar-refractivity contribution in [3.8, 4) is 0 Å². The van der Waals surface area contributed by atoms with Gasteiger partial charge in [0, 0.05) is 26.1 Å². The number of aryl methyl sites for hydroxylation is 1.